The lowest BCUT2D eigenvalue weighted by Crippen LogP contribution is -1.93. The number of carbonyl (C=O) groups excluding carboxylic acids is 1. The zero-order chi connectivity index (χ0) is 9.97. The van der Waals surface area contributed by atoms with Crippen molar-refractivity contribution in [2.75, 3.05) is 6.79 Å². The molecule has 0 unspecified atom stereocenters. The van der Waals surface area contributed by atoms with Gasteiger partial charge in [0, 0.05) is 9.13 Å². The fourth-order valence-corrected chi connectivity index (χ4v) is 1.79. The van der Waals surface area contributed by atoms with Gasteiger partial charge in [-0.15, -0.1) is 0 Å². The Hall–Kier alpha value is -0.980. The normalized spacial score (nSPS) is 12.6. The Balaban J connectivity index is 2.27. The number of ether oxygens (including phenoxy) is 3. The summed E-state index contributed by atoms with van der Waals surface area (Å²) in [7, 11) is 0. The Morgan fingerprint density at radius 3 is 2.86 bits per heavy atom. The predicted octanol–water partition coefficient (Wildman–Crippen LogP) is 1.69. The molecule has 1 aliphatic heterocycles. The zero-order valence-corrected chi connectivity index (χ0v) is 9.31. The van der Waals surface area contributed by atoms with E-state index in [4.69, 9.17) is 9.47 Å². The summed E-state index contributed by atoms with van der Waals surface area (Å²) in [6.45, 7) is 0.947. The SMILES string of the molecule is O=COCc1cc2c(cc1I)OCO2. The standard InChI is InChI=1S/C9H7IO4/c10-7-2-9-8(13-5-14-9)1-6(7)3-12-4-11/h1-2,4H,3,5H2. The van der Waals surface area contributed by atoms with E-state index in [0.717, 1.165) is 14.9 Å². The van der Waals surface area contributed by atoms with Crippen molar-refractivity contribution in [3.05, 3.63) is 21.3 Å². The third-order valence-corrected chi connectivity index (χ3v) is 2.85. The van der Waals surface area contributed by atoms with E-state index in [1.165, 1.54) is 0 Å². The molecule has 0 bridgehead atoms. The first-order valence-electron chi connectivity index (χ1n) is 3.94. The van der Waals surface area contributed by atoms with E-state index in [-0.39, 0.29) is 13.4 Å². The topological polar surface area (TPSA) is 44.8 Å². The highest BCUT2D eigenvalue weighted by molar-refractivity contribution is 14.1. The molecule has 0 saturated carbocycles. The third-order valence-electron chi connectivity index (χ3n) is 1.85. The minimum absolute atomic E-state index is 0.253. The quantitative estimate of drug-likeness (QED) is 0.630. The van der Waals surface area contributed by atoms with Crippen LogP contribution in [-0.2, 0) is 16.1 Å². The van der Waals surface area contributed by atoms with Crippen molar-refractivity contribution < 1.29 is 19.0 Å². The number of fused-ring (bicyclic) bond motifs is 1. The summed E-state index contributed by atoms with van der Waals surface area (Å²) in [6.07, 6.45) is 0. The molecule has 0 saturated heterocycles. The minimum Gasteiger partial charge on any atom is -0.463 e. The van der Waals surface area contributed by atoms with E-state index >= 15 is 0 Å². The molecule has 0 N–H and O–H groups in total. The van der Waals surface area contributed by atoms with Crippen LogP contribution in [0.15, 0.2) is 12.1 Å². The fraction of sp³-hybridized carbons (Fsp3) is 0.222. The van der Waals surface area contributed by atoms with Crippen molar-refractivity contribution >= 4 is 29.1 Å². The molecule has 2 rings (SSSR count). The Morgan fingerprint density at radius 2 is 2.14 bits per heavy atom. The molecule has 0 fully saturated rings. The van der Waals surface area contributed by atoms with Crippen molar-refractivity contribution in [3.8, 4) is 11.5 Å². The van der Waals surface area contributed by atoms with Crippen LogP contribution in [0.4, 0.5) is 0 Å². The largest absolute Gasteiger partial charge is 0.463 e. The molecule has 5 heteroatoms. The Labute approximate surface area is 94.3 Å². The second-order valence-corrected chi connectivity index (χ2v) is 3.87. The predicted molar refractivity (Wildman–Crippen MR) is 56.1 cm³/mol. The van der Waals surface area contributed by atoms with Gasteiger partial charge in [-0.1, -0.05) is 0 Å². The van der Waals surface area contributed by atoms with Gasteiger partial charge in [-0.3, -0.25) is 4.79 Å². The molecule has 0 aromatic heterocycles. The van der Waals surface area contributed by atoms with Crippen LogP contribution in [-0.4, -0.2) is 13.3 Å². The van der Waals surface area contributed by atoms with Crippen LogP contribution in [0.5, 0.6) is 11.5 Å². The van der Waals surface area contributed by atoms with E-state index in [0.29, 0.717) is 12.2 Å². The van der Waals surface area contributed by atoms with Gasteiger partial charge in [0.05, 0.1) is 0 Å². The van der Waals surface area contributed by atoms with Crippen LogP contribution in [0.3, 0.4) is 0 Å². The van der Waals surface area contributed by atoms with Crippen molar-refractivity contribution in [1.29, 1.82) is 0 Å². The third kappa shape index (κ3) is 1.77. The van der Waals surface area contributed by atoms with Crippen LogP contribution in [0.1, 0.15) is 5.56 Å². The maximum atomic E-state index is 10.0. The number of carbonyl (C=O) groups is 1. The first-order chi connectivity index (χ1) is 6.81. The monoisotopic (exact) mass is 306 g/mol. The number of hydrogen-bond acceptors (Lipinski definition) is 4. The lowest BCUT2D eigenvalue weighted by molar-refractivity contribution is -0.129. The van der Waals surface area contributed by atoms with E-state index in [1.54, 1.807) is 0 Å². The number of rotatable bonds is 3. The number of hydrogen-bond donors (Lipinski definition) is 0. The average molecular weight is 306 g/mol. The maximum absolute atomic E-state index is 10.0. The van der Waals surface area contributed by atoms with Crippen LogP contribution < -0.4 is 9.47 Å². The molecule has 0 amide bonds. The summed E-state index contributed by atoms with van der Waals surface area (Å²) < 4.78 is 16.1. The zero-order valence-electron chi connectivity index (χ0n) is 7.16. The van der Waals surface area contributed by atoms with Crippen molar-refractivity contribution in [1.82, 2.24) is 0 Å². The molecule has 0 radical (unpaired) electrons. The first-order valence-corrected chi connectivity index (χ1v) is 5.02. The van der Waals surface area contributed by atoms with Gasteiger partial charge in [0.25, 0.3) is 6.47 Å². The van der Waals surface area contributed by atoms with Crippen LogP contribution >= 0.6 is 22.6 Å². The molecule has 1 aliphatic rings. The lowest BCUT2D eigenvalue weighted by Gasteiger charge is -2.04. The fourth-order valence-electron chi connectivity index (χ4n) is 1.19. The average Bonchev–Trinajstić information content (AvgIpc) is 2.61. The summed E-state index contributed by atoms with van der Waals surface area (Å²) in [5.74, 6) is 1.44. The van der Waals surface area contributed by atoms with Crippen LogP contribution in [0.25, 0.3) is 0 Å². The molecule has 0 spiro atoms. The van der Waals surface area contributed by atoms with Gasteiger partial charge in [0.15, 0.2) is 11.5 Å². The summed E-state index contributed by atoms with van der Waals surface area (Å²) in [5.41, 5.74) is 0.918. The van der Waals surface area contributed by atoms with Crippen molar-refractivity contribution in [2.45, 2.75) is 6.61 Å². The van der Waals surface area contributed by atoms with Gasteiger partial charge in [-0.2, -0.15) is 0 Å². The second kappa shape index (κ2) is 4.04. The Morgan fingerprint density at radius 1 is 1.43 bits per heavy atom. The lowest BCUT2D eigenvalue weighted by atomic mass is 10.2. The molecular formula is C9H7IO4. The molecule has 14 heavy (non-hydrogen) atoms. The van der Waals surface area contributed by atoms with Gasteiger partial charge in [0.2, 0.25) is 6.79 Å². The van der Waals surface area contributed by atoms with Crippen molar-refractivity contribution in [2.24, 2.45) is 0 Å². The second-order valence-electron chi connectivity index (χ2n) is 2.70. The van der Waals surface area contributed by atoms with E-state index in [2.05, 4.69) is 27.3 Å². The highest BCUT2D eigenvalue weighted by atomic mass is 127. The molecular weight excluding hydrogens is 299 g/mol. The molecule has 0 aliphatic carbocycles. The number of benzene rings is 1. The van der Waals surface area contributed by atoms with Crippen LogP contribution in [0.2, 0.25) is 0 Å². The highest BCUT2D eigenvalue weighted by Gasteiger charge is 2.16. The van der Waals surface area contributed by atoms with Crippen molar-refractivity contribution in [3.63, 3.8) is 0 Å². The molecule has 0 atom stereocenters. The molecule has 4 nitrogen and oxygen atoms in total. The summed E-state index contributed by atoms with van der Waals surface area (Å²) in [6, 6.07) is 3.69. The van der Waals surface area contributed by atoms with Gasteiger partial charge in [-0.05, 0) is 34.7 Å². The molecule has 1 aromatic rings. The maximum Gasteiger partial charge on any atom is 0.293 e. The minimum atomic E-state index is 0.253. The van der Waals surface area contributed by atoms with Crippen LogP contribution in [0, 0.1) is 3.57 Å². The smallest absolute Gasteiger partial charge is 0.293 e. The van der Waals surface area contributed by atoms with E-state index in [9.17, 15) is 4.79 Å². The van der Waals surface area contributed by atoms with Gasteiger partial charge in [-0.25, -0.2) is 0 Å². The Bertz CT molecular complexity index is 364. The van der Waals surface area contributed by atoms with Gasteiger partial charge in [0.1, 0.15) is 6.61 Å². The summed E-state index contributed by atoms with van der Waals surface area (Å²) >= 11 is 2.16. The van der Waals surface area contributed by atoms with Gasteiger partial charge < -0.3 is 14.2 Å². The summed E-state index contributed by atoms with van der Waals surface area (Å²) in [5, 5.41) is 0. The molecule has 74 valence electrons. The Kier molecular flexibility index (Phi) is 2.76. The number of halogens is 1. The molecule has 1 aromatic carbocycles. The summed E-state index contributed by atoms with van der Waals surface area (Å²) in [4.78, 5) is 10.0. The first kappa shape index (κ1) is 9.57. The molecule has 1 heterocycles. The van der Waals surface area contributed by atoms with Gasteiger partial charge >= 0.3 is 0 Å². The van der Waals surface area contributed by atoms with E-state index in [1.807, 2.05) is 12.1 Å². The van der Waals surface area contributed by atoms with E-state index < -0.39 is 0 Å². The highest BCUT2D eigenvalue weighted by Crippen LogP contribution is 2.35.